The maximum absolute atomic E-state index is 13.8. The molecule has 2 atom stereocenters. The molecule has 70 heavy (non-hydrogen) atoms. The topological polar surface area (TPSA) is 359 Å². The van der Waals surface area contributed by atoms with Gasteiger partial charge in [0.25, 0.3) is 0 Å². The van der Waals surface area contributed by atoms with Gasteiger partial charge in [0, 0.05) is 13.1 Å². The van der Waals surface area contributed by atoms with Gasteiger partial charge in [-0.25, -0.2) is 20.1 Å². The van der Waals surface area contributed by atoms with E-state index in [2.05, 4.69) is 50.7 Å². The minimum atomic E-state index is -4.48. The van der Waals surface area contributed by atoms with Crippen LogP contribution in [0.5, 0.6) is 0 Å². The SMILES string of the molecule is CC(C)N.CCCCOC(=O)[C@H](C)NP(=O)(COCCn1cnc2c(NCC(F)(F)F)nc(N)nc21)N[C@@H](C)C(=O)OCCCC.Nc1nc(NCC(F)(F)F)c2ncn(CCOCP(=O)(O)O)c2n1. The predicted molar refractivity (Wildman–Crippen MR) is 246 cm³/mol. The molecule has 0 unspecified atom stereocenters. The van der Waals surface area contributed by atoms with E-state index in [1.807, 2.05) is 27.7 Å². The molecule has 4 heterocycles. The minimum absolute atomic E-state index is 0.0430. The fourth-order valence-electron chi connectivity index (χ4n) is 5.29. The summed E-state index contributed by atoms with van der Waals surface area (Å²) in [4.78, 5) is 65.6. The number of nitrogens with two attached hydrogens (primary N) is 3. The average Bonchev–Trinajstić information content (AvgIpc) is 3.85. The van der Waals surface area contributed by atoms with Crippen molar-refractivity contribution in [1.82, 2.24) is 49.2 Å². The molecule has 0 fully saturated rings. The van der Waals surface area contributed by atoms with E-state index in [0.717, 1.165) is 12.8 Å². The summed E-state index contributed by atoms with van der Waals surface area (Å²) in [6.07, 6.45) is -4.44. The maximum atomic E-state index is 13.8. The van der Waals surface area contributed by atoms with Crippen LogP contribution in [0.15, 0.2) is 12.7 Å². The summed E-state index contributed by atoms with van der Waals surface area (Å²) in [6.45, 7) is 8.67. The number of nitrogens with one attached hydrogen (secondary N) is 4. The number of esters is 2. The molecular formula is C37H63F6N15O10P2. The van der Waals surface area contributed by atoms with Crippen molar-refractivity contribution in [2.75, 3.05) is 74.3 Å². The highest BCUT2D eigenvalue weighted by molar-refractivity contribution is 7.59. The summed E-state index contributed by atoms with van der Waals surface area (Å²) in [6, 6.07) is -1.63. The number of halogens is 6. The number of ether oxygens (including phenoxy) is 4. The molecule has 33 heteroatoms. The van der Waals surface area contributed by atoms with Gasteiger partial charge in [-0.3, -0.25) is 18.7 Å². The Morgan fingerprint density at radius 3 is 1.40 bits per heavy atom. The lowest BCUT2D eigenvalue weighted by molar-refractivity contribution is -0.145. The second kappa shape index (κ2) is 28.7. The van der Waals surface area contributed by atoms with E-state index in [-0.39, 0.29) is 85.4 Å². The van der Waals surface area contributed by atoms with Crippen LogP contribution in [-0.2, 0) is 50.8 Å². The molecule has 0 radical (unpaired) electrons. The lowest BCUT2D eigenvalue weighted by Crippen LogP contribution is -2.43. The number of rotatable bonds is 26. The van der Waals surface area contributed by atoms with Crippen molar-refractivity contribution in [1.29, 1.82) is 0 Å². The molecule has 4 aromatic heterocycles. The number of hydrogen-bond donors (Lipinski definition) is 9. The van der Waals surface area contributed by atoms with Gasteiger partial charge in [-0.1, -0.05) is 40.5 Å². The zero-order valence-corrected chi connectivity index (χ0v) is 41.2. The molecule has 0 saturated carbocycles. The van der Waals surface area contributed by atoms with E-state index in [1.165, 1.54) is 35.6 Å². The third-order valence-electron chi connectivity index (χ3n) is 8.36. The van der Waals surface area contributed by atoms with Crippen molar-refractivity contribution < 1.29 is 73.8 Å². The van der Waals surface area contributed by atoms with Crippen LogP contribution in [0.3, 0.4) is 0 Å². The molecule has 0 bridgehead atoms. The minimum Gasteiger partial charge on any atom is -0.465 e. The smallest absolute Gasteiger partial charge is 0.405 e. The van der Waals surface area contributed by atoms with Gasteiger partial charge >= 0.3 is 31.9 Å². The van der Waals surface area contributed by atoms with E-state index < -0.39 is 77.2 Å². The van der Waals surface area contributed by atoms with Crippen molar-refractivity contribution in [3.8, 4) is 0 Å². The Morgan fingerprint density at radius 1 is 0.686 bits per heavy atom. The number of fused-ring (bicyclic) bond motifs is 2. The number of nitrogens with zero attached hydrogens (tertiary/aromatic N) is 8. The summed E-state index contributed by atoms with van der Waals surface area (Å²) in [5.41, 5.74) is 16.8. The third-order valence-corrected chi connectivity index (χ3v) is 11.0. The number of alkyl halides is 6. The fourth-order valence-corrected chi connectivity index (χ4v) is 7.73. The first-order valence-corrected chi connectivity index (χ1v) is 25.3. The zero-order valence-electron chi connectivity index (χ0n) is 39.4. The molecule has 0 amide bonds. The van der Waals surface area contributed by atoms with Crippen LogP contribution in [0.4, 0.5) is 49.9 Å². The van der Waals surface area contributed by atoms with Crippen LogP contribution in [0, 0.1) is 0 Å². The second-order valence-electron chi connectivity index (χ2n) is 15.5. The van der Waals surface area contributed by atoms with E-state index in [4.69, 9.17) is 45.9 Å². The summed E-state index contributed by atoms with van der Waals surface area (Å²) in [7, 11) is -7.99. The maximum Gasteiger partial charge on any atom is 0.405 e. The van der Waals surface area contributed by atoms with Gasteiger partial charge in [-0.05, 0) is 32.7 Å². The van der Waals surface area contributed by atoms with Crippen molar-refractivity contribution in [3.05, 3.63) is 12.7 Å². The Bertz CT molecular complexity index is 2300. The number of aromatic nitrogens is 8. The van der Waals surface area contributed by atoms with Gasteiger partial charge in [0.15, 0.2) is 34.0 Å². The van der Waals surface area contributed by atoms with Crippen LogP contribution in [0.1, 0.15) is 67.2 Å². The lowest BCUT2D eigenvalue weighted by Gasteiger charge is -2.26. The van der Waals surface area contributed by atoms with E-state index in [0.29, 0.717) is 18.9 Å². The van der Waals surface area contributed by atoms with E-state index >= 15 is 0 Å². The van der Waals surface area contributed by atoms with Gasteiger partial charge in [-0.15, -0.1) is 0 Å². The first-order valence-electron chi connectivity index (χ1n) is 21.6. The molecule has 0 aliphatic rings. The Balaban J connectivity index is 0.000000503. The lowest BCUT2D eigenvalue weighted by atomic mass is 10.3. The van der Waals surface area contributed by atoms with Crippen LogP contribution in [0.25, 0.3) is 22.3 Å². The Morgan fingerprint density at radius 2 is 1.06 bits per heavy atom. The van der Waals surface area contributed by atoms with Crippen molar-refractivity contribution in [2.45, 2.75) is 111 Å². The van der Waals surface area contributed by atoms with Crippen LogP contribution in [-0.4, -0.2) is 143 Å². The Labute approximate surface area is 398 Å². The standard InChI is InChI=1S/C24H40F3N8O6P.C10H14F3N6O4P.C3H9N/c1-5-7-10-40-21(36)16(3)33-42(38,34-17(4)22(37)41-11-8-6-2)15-39-12-9-35-14-30-18-19(29-13-24(25,26)27)31-23(28)32-20(18)35;11-10(12,13)3-15-7-6-8(18-9(14)17-7)19(4-16-6)1-2-23-5-24(20,21)22;1-3(2)4/h14,16-17H,5-13,15H2,1-4H3,(H2,33,34,38)(H3,28,29,31,32);4H,1-3,5H2,(H2,20,21,22)(H3,14,15,17,18);3H,4H2,1-2H3/t16-,17-;;/m0../s1. The van der Waals surface area contributed by atoms with Gasteiger partial charge < -0.3 is 65.7 Å². The highest BCUT2D eigenvalue weighted by atomic mass is 31.2. The van der Waals surface area contributed by atoms with Crippen LogP contribution < -0.4 is 38.0 Å². The molecule has 398 valence electrons. The van der Waals surface area contributed by atoms with Crippen molar-refractivity contribution in [3.63, 3.8) is 0 Å². The highest BCUT2D eigenvalue weighted by Crippen LogP contribution is 2.38. The number of carbonyl (C=O) groups excluding carboxylic acids is 2. The third kappa shape index (κ3) is 23.7. The number of carbonyl (C=O) groups is 2. The molecule has 0 saturated heterocycles. The average molecular weight is 1050 g/mol. The number of nitrogen functional groups attached to an aromatic ring is 2. The summed E-state index contributed by atoms with van der Waals surface area (Å²) >= 11 is 0. The first-order chi connectivity index (χ1) is 32.6. The number of imidazole rings is 2. The molecule has 0 aromatic carbocycles. The quantitative estimate of drug-likeness (QED) is 0.0185. The predicted octanol–water partition coefficient (Wildman–Crippen LogP) is 4.08. The monoisotopic (exact) mass is 1050 g/mol. The molecule has 0 aliphatic carbocycles. The molecule has 0 aliphatic heterocycles. The Kier molecular flexibility index (Phi) is 25.1. The summed E-state index contributed by atoms with van der Waals surface area (Å²) in [5.74, 6) is -2.06. The Hall–Kier alpha value is -5.00. The molecule has 12 N–H and O–H groups in total. The summed E-state index contributed by atoms with van der Waals surface area (Å²) < 4.78 is 123. The second-order valence-corrected chi connectivity index (χ2v) is 19.3. The van der Waals surface area contributed by atoms with E-state index in [1.54, 1.807) is 0 Å². The van der Waals surface area contributed by atoms with Crippen LogP contribution >= 0.6 is 15.0 Å². The van der Waals surface area contributed by atoms with Crippen molar-refractivity contribution >= 4 is 72.8 Å². The first kappa shape index (κ1) is 61.1. The molecule has 0 spiro atoms. The molecule has 25 nitrogen and oxygen atoms in total. The largest absolute Gasteiger partial charge is 0.465 e. The van der Waals surface area contributed by atoms with Crippen LogP contribution in [0.2, 0.25) is 0 Å². The number of anilines is 4. The van der Waals surface area contributed by atoms with Gasteiger partial charge in [0.2, 0.25) is 19.3 Å². The van der Waals surface area contributed by atoms with E-state index in [9.17, 15) is 45.1 Å². The molecular weight excluding hydrogens is 990 g/mol. The normalized spacial score (nSPS) is 13.0. The van der Waals surface area contributed by atoms with Gasteiger partial charge in [-0.2, -0.15) is 46.3 Å². The number of unbranched alkanes of at least 4 members (excludes halogenated alkanes) is 2. The molecule has 4 rings (SSSR count). The van der Waals surface area contributed by atoms with Crippen molar-refractivity contribution in [2.24, 2.45) is 5.73 Å². The molecule has 4 aromatic rings. The highest BCUT2D eigenvalue weighted by Gasteiger charge is 2.33. The van der Waals surface area contributed by atoms with Gasteiger partial charge in [0.1, 0.15) is 37.9 Å². The van der Waals surface area contributed by atoms with Gasteiger partial charge in [0.05, 0.1) is 39.1 Å². The number of hydrogen-bond acceptors (Lipinski definition) is 19. The fraction of sp³-hybridized carbons (Fsp3) is 0.676. The summed E-state index contributed by atoms with van der Waals surface area (Å²) in [5, 5.41) is 9.70. The zero-order chi connectivity index (χ0) is 52.9.